The van der Waals surface area contributed by atoms with E-state index in [0.29, 0.717) is 12.4 Å². The van der Waals surface area contributed by atoms with Gasteiger partial charge in [-0.1, -0.05) is 18.2 Å². The first-order valence-corrected chi connectivity index (χ1v) is 8.57. The Morgan fingerprint density at radius 2 is 2.04 bits per heavy atom. The van der Waals surface area contributed by atoms with Gasteiger partial charge >= 0.3 is 0 Å². The number of rotatable bonds is 4. The summed E-state index contributed by atoms with van der Waals surface area (Å²) in [7, 11) is 3.88. The molecule has 0 bridgehead atoms. The molecule has 134 valence electrons. The lowest BCUT2D eigenvalue weighted by atomic mass is 10.1. The highest BCUT2D eigenvalue weighted by molar-refractivity contribution is 5.93. The van der Waals surface area contributed by atoms with Gasteiger partial charge in [0.25, 0.3) is 0 Å². The number of nitrogen functional groups attached to an aromatic ring is 1. The number of nitrogens with two attached hydrogens (primary N) is 1. The molecule has 2 aromatic heterocycles. The van der Waals surface area contributed by atoms with Gasteiger partial charge in [-0.05, 0) is 43.2 Å². The van der Waals surface area contributed by atoms with Crippen molar-refractivity contribution >= 4 is 28.7 Å². The van der Waals surface area contributed by atoms with Crippen LogP contribution in [0.25, 0.3) is 17.0 Å². The number of aromatic nitrogens is 2. The van der Waals surface area contributed by atoms with Crippen molar-refractivity contribution in [1.82, 2.24) is 14.5 Å². The molecule has 0 aliphatic carbocycles. The van der Waals surface area contributed by atoms with Gasteiger partial charge in [0.1, 0.15) is 5.82 Å². The predicted molar refractivity (Wildman–Crippen MR) is 107 cm³/mol. The molecule has 0 fully saturated rings. The molecule has 1 amide bonds. The Labute approximate surface area is 153 Å². The van der Waals surface area contributed by atoms with Crippen LogP contribution >= 0.6 is 0 Å². The van der Waals surface area contributed by atoms with Gasteiger partial charge in [0.2, 0.25) is 5.91 Å². The number of carbonyl (C=O) groups excluding carboxylic acids is 1. The number of hydrogen-bond acceptors (Lipinski definition) is 3. The number of hydrogen-bond donors (Lipinski definition) is 1. The van der Waals surface area contributed by atoms with E-state index in [1.54, 1.807) is 29.3 Å². The van der Waals surface area contributed by atoms with Crippen molar-refractivity contribution in [3.63, 3.8) is 0 Å². The Morgan fingerprint density at radius 3 is 2.77 bits per heavy atom. The van der Waals surface area contributed by atoms with Crippen LogP contribution < -0.4 is 5.73 Å². The topological polar surface area (TPSA) is 64.2 Å². The third-order valence-corrected chi connectivity index (χ3v) is 4.89. The maximum atomic E-state index is 12.5. The van der Waals surface area contributed by atoms with Crippen molar-refractivity contribution in [1.29, 1.82) is 0 Å². The van der Waals surface area contributed by atoms with Crippen molar-refractivity contribution in [2.75, 3.05) is 12.8 Å². The van der Waals surface area contributed by atoms with Crippen molar-refractivity contribution in [2.45, 2.75) is 20.4 Å². The molecule has 2 heterocycles. The third kappa shape index (κ3) is 3.20. The van der Waals surface area contributed by atoms with E-state index in [2.05, 4.69) is 48.6 Å². The molecule has 0 unspecified atom stereocenters. The van der Waals surface area contributed by atoms with Crippen LogP contribution in [-0.4, -0.2) is 27.4 Å². The summed E-state index contributed by atoms with van der Waals surface area (Å²) >= 11 is 0. The number of nitrogens with zero attached hydrogens (tertiary/aromatic N) is 3. The Bertz CT molecular complexity index is 1000. The molecular weight excluding hydrogens is 324 g/mol. The second-order valence-electron chi connectivity index (χ2n) is 6.60. The number of amides is 1. The fraction of sp³-hybridized carbons (Fsp3) is 0.238. The third-order valence-electron chi connectivity index (χ3n) is 4.89. The Hall–Kier alpha value is -3.08. The standard InChI is InChI=1S/C21H24N4O/c1-14-7-5-9-17-18(15(2)25(4)20(14)17)13-24(3)19(26)11-10-16-8-6-12-23-21(16)22/h5-12H,13H2,1-4H3,(H2,22,23). The highest BCUT2D eigenvalue weighted by Gasteiger charge is 2.16. The molecule has 1 aromatic carbocycles. The number of anilines is 1. The molecule has 0 saturated heterocycles. The summed E-state index contributed by atoms with van der Waals surface area (Å²) in [4.78, 5) is 18.3. The van der Waals surface area contributed by atoms with Crippen LogP contribution in [0, 0.1) is 13.8 Å². The van der Waals surface area contributed by atoms with Gasteiger partial charge in [0.15, 0.2) is 0 Å². The van der Waals surface area contributed by atoms with Gasteiger partial charge < -0.3 is 15.2 Å². The normalized spacial score (nSPS) is 11.4. The summed E-state index contributed by atoms with van der Waals surface area (Å²) in [5.74, 6) is 0.344. The van der Waals surface area contributed by atoms with Crippen molar-refractivity contribution < 1.29 is 4.79 Å². The molecule has 0 aliphatic rings. The minimum absolute atomic E-state index is 0.0719. The first-order chi connectivity index (χ1) is 12.4. The molecule has 5 heteroatoms. The summed E-state index contributed by atoms with van der Waals surface area (Å²) in [6, 6.07) is 9.93. The van der Waals surface area contributed by atoms with Gasteiger partial charge in [0.05, 0.1) is 5.52 Å². The summed E-state index contributed by atoms with van der Waals surface area (Å²) in [5, 5.41) is 1.20. The highest BCUT2D eigenvalue weighted by atomic mass is 16.2. The van der Waals surface area contributed by atoms with Gasteiger partial charge in [-0.25, -0.2) is 4.98 Å². The van der Waals surface area contributed by atoms with Gasteiger partial charge in [-0.3, -0.25) is 4.79 Å². The smallest absolute Gasteiger partial charge is 0.246 e. The summed E-state index contributed by atoms with van der Waals surface area (Å²) in [6.07, 6.45) is 4.88. The predicted octanol–water partition coefficient (Wildman–Crippen LogP) is 3.44. The van der Waals surface area contributed by atoms with Crippen LogP contribution in [0.5, 0.6) is 0 Å². The number of carbonyl (C=O) groups is 1. The second kappa shape index (κ2) is 7.04. The quantitative estimate of drug-likeness (QED) is 0.735. The summed E-state index contributed by atoms with van der Waals surface area (Å²) < 4.78 is 2.20. The number of fused-ring (bicyclic) bond motifs is 1. The lowest BCUT2D eigenvalue weighted by molar-refractivity contribution is -0.125. The molecule has 0 radical (unpaired) electrons. The lowest BCUT2D eigenvalue weighted by Gasteiger charge is -2.16. The van der Waals surface area contributed by atoms with Crippen molar-refractivity contribution in [2.24, 2.45) is 7.05 Å². The maximum absolute atomic E-state index is 12.5. The summed E-state index contributed by atoms with van der Waals surface area (Å²) in [6.45, 7) is 4.76. The SMILES string of the molecule is Cc1cccc2c(CN(C)C(=O)C=Cc3cccnc3N)c(C)n(C)c12. The first-order valence-electron chi connectivity index (χ1n) is 8.57. The van der Waals surface area contributed by atoms with E-state index in [0.717, 1.165) is 5.56 Å². The fourth-order valence-corrected chi connectivity index (χ4v) is 3.29. The minimum Gasteiger partial charge on any atom is -0.383 e. The second-order valence-corrected chi connectivity index (χ2v) is 6.60. The molecular formula is C21H24N4O. The zero-order valence-corrected chi connectivity index (χ0v) is 15.7. The Balaban J connectivity index is 1.84. The maximum Gasteiger partial charge on any atom is 0.246 e. The van der Waals surface area contributed by atoms with E-state index in [1.165, 1.54) is 27.7 Å². The van der Waals surface area contributed by atoms with E-state index < -0.39 is 0 Å². The molecule has 3 rings (SSSR count). The van der Waals surface area contributed by atoms with Gasteiger partial charge in [-0.15, -0.1) is 0 Å². The minimum atomic E-state index is -0.0719. The molecule has 26 heavy (non-hydrogen) atoms. The van der Waals surface area contributed by atoms with E-state index in [4.69, 9.17) is 5.73 Å². The lowest BCUT2D eigenvalue weighted by Crippen LogP contribution is -2.24. The fourth-order valence-electron chi connectivity index (χ4n) is 3.29. The molecule has 2 N–H and O–H groups in total. The average molecular weight is 348 g/mol. The number of pyridine rings is 1. The largest absolute Gasteiger partial charge is 0.383 e. The van der Waals surface area contributed by atoms with E-state index in [9.17, 15) is 4.79 Å². The van der Waals surface area contributed by atoms with Gasteiger partial charge in [0, 0.05) is 49.6 Å². The molecule has 5 nitrogen and oxygen atoms in total. The van der Waals surface area contributed by atoms with Gasteiger partial charge in [-0.2, -0.15) is 0 Å². The van der Waals surface area contributed by atoms with Crippen molar-refractivity contribution in [3.05, 3.63) is 65.0 Å². The highest BCUT2D eigenvalue weighted by Crippen LogP contribution is 2.28. The molecule has 0 aliphatic heterocycles. The average Bonchev–Trinajstić information content (AvgIpc) is 2.86. The van der Waals surface area contributed by atoms with Crippen LogP contribution in [0.3, 0.4) is 0 Å². The van der Waals surface area contributed by atoms with E-state index >= 15 is 0 Å². The van der Waals surface area contributed by atoms with Crippen LogP contribution in [-0.2, 0) is 18.4 Å². The van der Waals surface area contributed by atoms with Crippen LogP contribution in [0.1, 0.15) is 22.4 Å². The zero-order chi connectivity index (χ0) is 18.8. The number of para-hydroxylation sites is 1. The summed E-state index contributed by atoms with van der Waals surface area (Å²) in [5.41, 5.74) is 11.4. The molecule has 3 aromatic rings. The Morgan fingerprint density at radius 1 is 1.27 bits per heavy atom. The number of likely N-dealkylation sites (N-methyl/N-ethyl adjacent to an activating group) is 1. The molecule has 0 spiro atoms. The molecule has 0 saturated carbocycles. The van der Waals surface area contributed by atoms with Crippen molar-refractivity contribution in [3.8, 4) is 0 Å². The number of aryl methyl sites for hydroxylation is 2. The van der Waals surface area contributed by atoms with Crippen LogP contribution in [0.2, 0.25) is 0 Å². The van der Waals surface area contributed by atoms with Crippen LogP contribution in [0.15, 0.2) is 42.6 Å². The monoisotopic (exact) mass is 348 g/mol. The number of benzene rings is 1. The molecule has 0 atom stereocenters. The first kappa shape index (κ1) is 17.7. The Kier molecular flexibility index (Phi) is 4.80. The van der Waals surface area contributed by atoms with E-state index in [1.807, 2.05) is 13.1 Å². The van der Waals surface area contributed by atoms with Crippen LogP contribution in [0.4, 0.5) is 5.82 Å². The zero-order valence-electron chi connectivity index (χ0n) is 15.7. The van der Waals surface area contributed by atoms with E-state index in [-0.39, 0.29) is 5.91 Å².